The summed E-state index contributed by atoms with van der Waals surface area (Å²) < 4.78 is 2.69. The standard InChI is InChI=1S/C10H10BrClN4/c1-16-8(6-14-15-16)5-13-10-3-2-7(11)4-9(10)12/h2-4,6,13H,5H2,1H3. The van der Waals surface area contributed by atoms with E-state index in [-0.39, 0.29) is 0 Å². The van der Waals surface area contributed by atoms with E-state index < -0.39 is 0 Å². The summed E-state index contributed by atoms with van der Waals surface area (Å²) >= 11 is 9.44. The van der Waals surface area contributed by atoms with Gasteiger partial charge in [0.25, 0.3) is 0 Å². The highest BCUT2D eigenvalue weighted by atomic mass is 79.9. The lowest BCUT2D eigenvalue weighted by Crippen LogP contribution is -2.05. The Morgan fingerprint density at radius 3 is 2.94 bits per heavy atom. The molecule has 2 aromatic rings. The van der Waals surface area contributed by atoms with Crippen LogP contribution in [0.4, 0.5) is 5.69 Å². The second-order valence-corrected chi connectivity index (χ2v) is 4.65. The van der Waals surface area contributed by atoms with Crippen molar-refractivity contribution in [1.82, 2.24) is 15.0 Å². The molecular formula is C10H10BrClN4. The van der Waals surface area contributed by atoms with Crippen molar-refractivity contribution in [2.75, 3.05) is 5.32 Å². The number of hydrogen-bond acceptors (Lipinski definition) is 3. The van der Waals surface area contributed by atoms with E-state index in [0.717, 1.165) is 15.9 Å². The number of aryl methyl sites for hydroxylation is 1. The first-order valence-electron chi connectivity index (χ1n) is 4.69. The van der Waals surface area contributed by atoms with Gasteiger partial charge in [-0.05, 0) is 18.2 Å². The number of nitrogens with one attached hydrogen (secondary N) is 1. The van der Waals surface area contributed by atoms with Crippen LogP contribution in [0.25, 0.3) is 0 Å². The summed E-state index contributed by atoms with van der Waals surface area (Å²) in [6.45, 7) is 0.644. The van der Waals surface area contributed by atoms with E-state index in [1.165, 1.54) is 0 Å². The summed E-state index contributed by atoms with van der Waals surface area (Å²) in [7, 11) is 1.85. The van der Waals surface area contributed by atoms with Crippen molar-refractivity contribution in [3.05, 3.63) is 39.6 Å². The predicted molar refractivity (Wildman–Crippen MR) is 67.5 cm³/mol. The molecule has 84 valence electrons. The third kappa shape index (κ3) is 2.54. The first-order valence-corrected chi connectivity index (χ1v) is 5.86. The van der Waals surface area contributed by atoms with Crippen LogP contribution in [0.5, 0.6) is 0 Å². The van der Waals surface area contributed by atoms with Crippen molar-refractivity contribution in [3.8, 4) is 0 Å². The molecule has 0 radical (unpaired) electrons. The fraction of sp³-hybridized carbons (Fsp3) is 0.200. The Kier molecular flexibility index (Phi) is 3.46. The monoisotopic (exact) mass is 300 g/mol. The average Bonchev–Trinajstić information content (AvgIpc) is 2.63. The molecule has 0 aliphatic heterocycles. The molecule has 1 aromatic carbocycles. The quantitative estimate of drug-likeness (QED) is 0.948. The molecule has 1 N–H and O–H groups in total. The first-order chi connectivity index (χ1) is 7.66. The minimum atomic E-state index is 0.644. The van der Waals surface area contributed by atoms with E-state index in [2.05, 4.69) is 31.6 Å². The van der Waals surface area contributed by atoms with Crippen molar-refractivity contribution in [1.29, 1.82) is 0 Å². The summed E-state index contributed by atoms with van der Waals surface area (Å²) in [5, 5.41) is 11.6. The fourth-order valence-corrected chi connectivity index (χ4v) is 2.03. The highest BCUT2D eigenvalue weighted by Gasteiger charge is 2.03. The highest BCUT2D eigenvalue weighted by molar-refractivity contribution is 9.10. The topological polar surface area (TPSA) is 42.7 Å². The molecule has 16 heavy (non-hydrogen) atoms. The maximum atomic E-state index is 6.08. The summed E-state index contributed by atoms with van der Waals surface area (Å²) in [6.07, 6.45) is 1.72. The number of hydrogen-bond donors (Lipinski definition) is 1. The molecule has 0 atom stereocenters. The van der Waals surface area contributed by atoms with Crippen molar-refractivity contribution < 1.29 is 0 Å². The maximum absolute atomic E-state index is 6.08. The molecule has 1 aromatic heterocycles. The van der Waals surface area contributed by atoms with Crippen molar-refractivity contribution in [2.45, 2.75) is 6.54 Å². The molecule has 0 aliphatic carbocycles. The number of rotatable bonds is 3. The molecule has 6 heteroatoms. The van der Waals surface area contributed by atoms with Gasteiger partial charge in [-0.2, -0.15) is 0 Å². The predicted octanol–water partition coefficient (Wildman–Crippen LogP) is 2.84. The Labute approximate surface area is 107 Å². The zero-order valence-corrected chi connectivity index (χ0v) is 11.0. The van der Waals surface area contributed by atoms with Crippen molar-refractivity contribution in [3.63, 3.8) is 0 Å². The highest BCUT2D eigenvalue weighted by Crippen LogP contribution is 2.25. The van der Waals surface area contributed by atoms with Gasteiger partial charge in [0.2, 0.25) is 0 Å². The van der Waals surface area contributed by atoms with Crippen LogP contribution in [0.1, 0.15) is 5.69 Å². The van der Waals surface area contributed by atoms with Gasteiger partial charge in [0.05, 0.1) is 29.1 Å². The molecule has 0 saturated heterocycles. The molecule has 0 bridgehead atoms. The van der Waals surface area contributed by atoms with Crippen molar-refractivity contribution >= 4 is 33.2 Å². The van der Waals surface area contributed by atoms with E-state index in [0.29, 0.717) is 11.6 Å². The Morgan fingerprint density at radius 1 is 1.50 bits per heavy atom. The van der Waals surface area contributed by atoms with Gasteiger partial charge in [-0.25, -0.2) is 0 Å². The summed E-state index contributed by atoms with van der Waals surface area (Å²) in [4.78, 5) is 0. The molecule has 0 amide bonds. The molecule has 0 fully saturated rings. The Bertz CT molecular complexity index is 497. The SMILES string of the molecule is Cn1nncc1CNc1ccc(Br)cc1Cl. The van der Waals surface area contributed by atoms with Gasteiger partial charge in [0, 0.05) is 11.5 Å². The lowest BCUT2D eigenvalue weighted by atomic mass is 10.3. The minimum Gasteiger partial charge on any atom is -0.378 e. The lowest BCUT2D eigenvalue weighted by Gasteiger charge is -2.08. The van der Waals surface area contributed by atoms with Gasteiger partial charge >= 0.3 is 0 Å². The minimum absolute atomic E-state index is 0.644. The Hall–Kier alpha value is -1.07. The molecule has 2 rings (SSSR count). The van der Waals surface area contributed by atoms with Gasteiger partial charge in [-0.3, -0.25) is 4.68 Å². The summed E-state index contributed by atoms with van der Waals surface area (Å²) in [6, 6.07) is 5.72. The number of nitrogens with zero attached hydrogens (tertiary/aromatic N) is 3. The normalized spacial score (nSPS) is 10.4. The first kappa shape index (κ1) is 11.4. The van der Waals surface area contributed by atoms with E-state index in [9.17, 15) is 0 Å². The van der Waals surface area contributed by atoms with Crippen LogP contribution in [0, 0.1) is 0 Å². The number of benzene rings is 1. The van der Waals surface area contributed by atoms with Gasteiger partial charge < -0.3 is 5.32 Å². The van der Waals surface area contributed by atoms with Crippen LogP contribution in [0.15, 0.2) is 28.9 Å². The molecule has 0 aliphatic rings. The molecule has 1 heterocycles. The molecule has 4 nitrogen and oxygen atoms in total. The van der Waals surface area contributed by atoms with Crippen LogP contribution in [0.3, 0.4) is 0 Å². The second kappa shape index (κ2) is 4.84. The zero-order chi connectivity index (χ0) is 11.5. The number of halogens is 2. The molecule has 0 spiro atoms. The van der Waals surface area contributed by atoms with Crippen LogP contribution in [-0.2, 0) is 13.6 Å². The van der Waals surface area contributed by atoms with Gasteiger partial charge in [-0.15, -0.1) is 5.10 Å². The third-order valence-electron chi connectivity index (χ3n) is 2.20. The zero-order valence-electron chi connectivity index (χ0n) is 8.61. The van der Waals surface area contributed by atoms with Crippen LogP contribution in [-0.4, -0.2) is 15.0 Å². The Balaban J connectivity index is 2.08. The summed E-state index contributed by atoms with van der Waals surface area (Å²) in [5.41, 5.74) is 1.89. The average molecular weight is 302 g/mol. The van der Waals surface area contributed by atoms with E-state index >= 15 is 0 Å². The summed E-state index contributed by atoms with van der Waals surface area (Å²) in [5.74, 6) is 0. The molecule has 0 unspecified atom stereocenters. The fourth-order valence-electron chi connectivity index (χ4n) is 1.29. The van der Waals surface area contributed by atoms with E-state index in [1.807, 2.05) is 25.2 Å². The van der Waals surface area contributed by atoms with Crippen LogP contribution in [0.2, 0.25) is 5.02 Å². The van der Waals surface area contributed by atoms with Crippen molar-refractivity contribution in [2.24, 2.45) is 7.05 Å². The Morgan fingerprint density at radius 2 is 2.31 bits per heavy atom. The van der Waals surface area contributed by atoms with Gasteiger partial charge in [0.1, 0.15) is 0 Å². The van der Waals surface area contributed by atoms with E-state index in [4.69, 9.17) is 11.6 Å². The van der Waals surface area contributed by atoms with Gasteiger partial charge in [-0.1, -0.05) is 32.7 Å². The number of aromatic nitrogens is 3. The number of anilines is 1. The second-order valence-electron chi connectivity index (χ2n) is 3.33. The largest absolute Gasteiger partial charge is 0.378 e. The maximum Gasteiger partial charge on any atom is 0.0774 e. The van der Waals surface area contributed by atoms with Crippen LogP contribution >= 0.6 is 27.5 Å². The van der Waals surface area contributed by atoms with E-state index in [1.54, 1.807) is 10.9 Å². The smallest absolute Gasteiger partial charge is 0.0774 e. The third-order valence-corrected chi connectivity index (χ3v) is 3.01. The van der Waals surface area contributed by atoms with Gasteiger partial charge in [0.15, 0.2) is 0 Å². The molecular weight excluding hydrogens is 291 g/mol. The lowest BCUT2D eigenvalue weighted by molar-refractivity contribution is 0.683. The van der Waals surface area contributed by atoms with Crippen LogP contribution < -0.4 is 5.32 Å². The molecule has 0 saturated carbocycles.